The Balaban J connectivity index is 1.78. The van der Waals surface area contributed by atoms with Crippen molar-refractivity contribution in [1.29, 1.82) is 0 Å². The van der Waals surface area contributed by atoms with Gasteiger partial charge in [0, 0.05) is 12.0 Å². The maximum absolute atomic E-state index is 13.7. The van der Waals surface area contributed by atoms with E-state index < -0.39 is 0 Å². The highest BCUT2D eigenvalue weighted by molar-refractivity contribution is 6.14. The molecule has 1 heterocycles. The van der Waals surface area contributed by atoms with E-state index in [0.29, 0.717) is 35.7 Å². The van der Waals surface area contributed by atoms with Gasteiger partial charge in [-0.05, 0) is 43.2 Å². The fourth-order valence-corrected chi connectivity index (χ4v) is 2.70. The van der Waals surface area contributed by atoms with E-state index in [-0.39, 0.29) is 11.7 Å². The monoisotopic (exact) mass is 338 g/mol. The van der Waals surface area contributed by atoms with Gasteiger partial charge in [0.2, 0.25) is 0 Å². The van der Waals surface area contributed by atoms with Crippen molar-refractivity contribution in [3.05, 3.63) is 70.7 Å². The first-order chi connectivity index (χ1) is 12.1. The van der Waals surface area contributed by atoms with Crippen LogP contribution in [0.2, 0.25) is 0 Å². The van der Waals surface area contributed by atoms with Gasteiger partial charge < -0.3 is 10.1 Å². The van der Waals surface area contributed by atoms with Crippen molar-refractivity contribution >= 4 is 17.8 Å². The molecule has 4 nitrogen and oxygen atoms in total. The van der Waals surface area contributed by atoms with Crippen molar-refractivity contribution in [3.8, 4) is 5.75 Å². The van der Waals surface area contributed by atoms with Gasteiger partial charge in [0.05, 0.1) is 7.11 Å². The number of ether oxygens (including phenoxy) is 1. The number of amidine groups is 1. The number of benzene rings is 2. The summed E-state index contributed by atoms with van der Waals surface area (Å²) in [6.07, 6.45) is 2.65. The molecule has 0 aromatic heterocycles. The first kappa shape index (κ1) is 16.9. The number of halogens is 1. The number of carbonyl (C=O) groups is 1. The Morgan fingerprint density at radius 2 is 2.00 bits per heavy atom. The van der Waals surface area contributed by atoms with Crippen LogP contribution < -0.4 is 10.1 Å². The van der Waals surface area contributed by atoms with Gasteiger partial charge in [0.15, 0.2) is 0 Å². The summed E-state index contributed by atoms with van der Waals surface area (Å²) in [5.74, 6) is 0.729. The van der Waals surface area contributed by atoms with Crippen molar-refractivity contribution in [2.24, 2.45) is 4.99 Å². The maximum Gasteiger partial charge on any atom is 0.275 e. The molecule has 0 saturated carbocycles. The Labute approximate surface area is 146 Å². The molecule has 0 spiro atoms. The second-order valence-corrected chi connectivity index (χ2v) is 5.88. The molecule has 0 bridgehead atoms. The lowest BCUT2D eigenvalue weighted by molar-refractivity contribution is -0.115. The molecule has 0 radical (unpaired) electrons. The zero-order valence-electron chi connectivity index (χ0n) is 14.2. The summed E-state index contributed by atoms with van der Waals surface area (Å²) in [5, 5.41) is 2.75. The zero-order chi connectivity index (χ0) is 17.8. The van der Waals surface area contributed by atoms with Crippen LogP contribution in [-0.2, 0) is 11.2 Å². The fourth-order valence-electron chi connectivity index (χ4n) is 2.70. The van der Waals surface area contributed by atoms with Gasteiger partial charge in [-0.3, -0.25) is 4.79 Å². The molecule has 0 atom stereocenters. The molecule has 1 aliphatic rings. The highest BCUT2D eigenvalue weighted by Crippen LogP contribution is 2.24. The molecule has 0 saturated heterocycles. The van der Waals surface area contributed by atoms with Gasteiger partial charge in [-0.15, -0.1) is 0 Å². The smallest absolute Gasteiger partial charge is 0.275 e. The molecule has 2 aromatic carbocycles. The summed E-state index contributed by atoms with van der Waals surface area (Å²) in [5.41, 5.74) is 2.80. The predicted molar refractivity (Wildman–Crippen MR) is 96.0 cm³/mol. The Kier molecular flexibility index (Phi) is 4.93. The van der Waals surface area contributed by atoms with E-state index in [9.17, 15) is 9.18 Å². The number of hydrogen-bond donors (Lipinski definition) is 1. The SMILES string of the molecule is COc1ccc(C)cc1/C=C1/N=C(CCc2ccccc2F)NC1=O. The normalized spacial score (nSPS) is 15.2. The van der Waals surface area contributed by atoms with E-state index in [1.54, 1.807) is 31.4 Å². The van der Waals surface area contributed by atoms with E-state index in [4.69, 9.17) is 4.74 Å². The largest absolute Gasteiger partial charge is 0.496 e. The lowest BCUT2D eigenvalue weighted by Crippen LogP contribution is -2.24. The third-order valence-electron chi connectivity index (χ3n) is 4.01. The van der Waals surface area contributed by atoms with Crippen LogP contribution in [0.5, 0.6) is 5.75 Å². The Hall–Kier alpha value is -2.95. The summed E-state index contributed by atoms with van der Waals surface area (Å²) in [7, 11) is 1.59. The van der Waals surface area contributed by atoms with Crippen LogP contribution in [0, 0.1) is 12.7 Å². The number of aryl methyl sites for hydroxylation is 2. The number of amides is 1. The zero-order valence-corrected chi connectivity index (χ0v) is 14.2. The van der Waals surface area contributed by atoms with Crippen molar-refractivity contribution in [1.82, 2.24) is 5.32 Å². The van der Waals surface area contributed by atoms with E-state index in [0.717, 1.165) is 11.1 Å². The molecular weight excluding hydrogens is 319 g/mol. The molecule has 1 N–H and O–H groups in total. The van der Waals surface area contributed by atoms with E-state index in [1.807, 2.05) is 25.1 Å². The van der Waals surface area contributed by atoms with E-state index in [2.05, 4.69) is 10.3 Å². The summed E-state index contributed by atoms with van der Waals surface area (Å²) in [4.78, 5) is 16.5. The molecule has 3 rings (SSSR count). The molecule has 25 heavy (non-hydrogen) atoms. The first-order valence-corrected chi connectivity index (χ1v) is 8.05. The molecule has 128 valence electrons. The molecule has 0 aliphatic carbocycles. The number of hydrogen-bond acceptors (Lipinski definition) is 3. The van der Waals surface area contributed by atoms with E-state index in [1.165, 1.54) is 6.07 Å². The third kappa shape index (κ3) is 3.94. The highest BCUT2D eigenvalue weighted by Gasteiger charge is 2.20. The first-order valence-electron chi connectivity index (χ1n) is 8.05. The number of aliphatic imine (C=N–C) groups is 1. The number of nitrogens with zero attached hydrogens (tertiary/aromatic N) is 1. The second kappa shape index (κ2) is 7.30. The molecule has 5 heteroatoms. The Morgan fingerprint density at radius 1 is 1.20 bits per heavy atom. The van der Waals surface area contributed by atoms with Crippen molar-refractivity contribution in [2.45, 2.75) is 19.8 Å². The lowest BCUT2D eigenvalue weighted by Gasteiger charge is -2.05. The van der Waals surface area contributed by atoms with Gasteiger partial charge in [-0.25, -0.2) is 9.38 Å². The third-order valence-corrected chi connectivity index (χ3v) is 4.01. The summed E-state index contributed by atoms with van der Waals surface area (Å²) < 4.78 is 19.0. The lowest BCUT2D eigenvalue weighted by atomic mass is 10.1. The van der Waals surface area contributed by atoms with Crippen molar-refractivity contribution in [3.63, 3.8) is 0 Å². The maximum atomic E-state index is 13.7. The van der Waals surface area contributed by atoms with E-state index >= 15 is 0 Å². The average Bonchev–Trinajstić information content (AvgIpc) is 2.94. The predicted octanol–water partition coefficient (Wildman–Crippen LogP) is 3.64. The number of methoxy groups -OCH3 is 1. The van der Waals surface area contributed by atoms with Gasteiger partial charge in [-0.2, -0.15) is 0 Å². The van der Waals surface area contributed by atoms with Crippen LogP contribution in [0.15, 0.2) is 53.2 Å². The van der Waals surface area contributed by atoms with Gasteiger partial charge in [0.1, 0.15) is 23.1 Å². The van der Waals surface area contributed by atoms with Crippen LogP contribution in [-0.4, -0.2) is 18.9 Å². The molecule has 0 unspecified atom stereocenters. The van der Waals surface area contributed by atoms with Crippen molar-refractivity contribution in [2.75, 3.05) is 7.11 Å². The molecule has 0 fully saturated rings. The average molecular weight is 338 g/mol. The minimum atomic E-state index is -0.257. The molecule has 1 aliphatic heterocycles. The van der Waals surface area contributed by atoms with Gasteiger partial charge >= 0.3 is 0 Å². The topological polar surface area (TPSA) is 50.7 Å². The Bertz CT molecular complexity index is 872. The standard InChI is InChI=1S/C20H19FN2O2/c1-13-7-9-18(25-2)15(11-13)12-17-20(24)23-19(22-17)10-8-14-5-3-4-6-16(14)21/h3-7,9,11-12H,8,10H2,1-2H3,(H,22,23,24)/b17-12+. The van der Waals surface area contributed by atoms with Crippen molar-refractivity contribution < 1.29 is 13.9 Å². The highest BCUT2D eigenvalue weighted by atomic mass is 19.1. The van der Waals surface area contributed by atoms with Gasteiger partial charge in [-0.1, -0.05) is 29.8 Å². The summed E-state index contributed by atoms with van der Waals surface area (Å²) in [6, 6.07) is 12.4. The molecule has 1 amide bonds. The van der Waals surface area contributed by atoms with Crippen LogP contribution in [0.3, 0.4) is 0 Å². The van der Waals surface area contributed by atoms with Crippen LogP contribution in [0.1, 0.15) is 23.1 Å². The van der Waals surface area contributed by atoms with Crippen LogP contribution >= 0.6 is 0 Å². The molecule has 2 aromatic rings. The van der Waals surface area contributed by atoms with Crippen LogP contribution in [0.4, 0.5) is 4.39 Å². The number of nitrogens with one attached hydrogen (secondary N) is 1. The fraction of sp³-hybridized carbons (Fsp3) is 0.200. The van der Waals surface area contributed by atoms with Gasteiger partial charge in [0.25, 0.3) is 5.91 Å². The Morgan fingerprint density at radius 3 is 2.76 bits per heavy atom. The number of rotatable bonds is 5. The minimum Gasteiger partial charge on any atom is -0.496 e. The summed E-state index contributed by atoms with van der Waals surface area (Å²) in [6.45, 7) is 1.97. The quantitative estimate of drug-likeness (QED) is 0.846. The summed E-state index contributed by atoms with van der Waals surface area (Å²) >= 11 is 0. The molecular formula is C20H19FN2O2. The number of carbonyl (C=O) groups excluding carboxylic acids is 1. The minimum absolute atomic E-state index is 0.243. The second-order valence-electron chi connectivity index (χ2n) is 5.88. The van der Waals surface area contributed by atoms with Crippen LogP contribution in [0.25, 0.3) is 6.08 Å².